The first-order valence-electron chi connectivity index (χ1n) is 10.7. The highest BCUT2D eigenvalue weighted by Gasteiger charge is 2.24. The van der Waals surface area contributed by atoms with Gasteiger partial charge in [-0.3, -0.25) is 4.79 Å². The van der Waals surface area contributed by atoms with Gasteiger partial charge in [-0.2, -0.15) is 0 Å². The summed E-state index contributed by atoms with van der Waals surface area (Å²) in [5.41, 5.74) is 8.61. The van der Waals surface area contributed by atoms with E-state index in [1.54, 1.807) is 7.11 Å². The lowest BCUT2D eigenvalue weighted by Crippen LogP contribution is -2.45. The van der Waals surface area contributed by atoms with E-state index in [9.17, 15) is 14.4 Å². The lowest BCUT2D eigenvalue weighted by Gasteiger charge is -2.18. The van der Waals surface area contributed by atoms with Crippen molar-refractivity contribution in [2.24, 2.45) is 11.7 Å². The number of Topliss-reactive ketones (excluding diaryl/α,β-unsaturated/α-hetero) is 1. The third kappa shape index (κ3) is 6.87. The second-order valence-corrected chi connectivity index (χ2v) is 8.26. The molecule has 0 aliphatic carbocycles. The molecule has 2 rings (SSSR count). The van der Waals surface area contributed by atoms with Crippen LogP contribution in [0.2, 0.25) is 0 Å². The number of methoxy groups -OCH3 is 1. The number of nitrogens with zero attached hydrogens (tertiary/aromatic N) is 1. The van der Waals surface area contributed by atoms with Crippen LogP contribution in [0.3, 0.4) is 0 Å². The van der Waals surface area contributed by atoms with Crippen LogP contribution in [0.25, 0.3) is 0 Å². The number of hydrogen-bond donors (Lipinski definition) is 2. The van der Waals surface area contributed by atoms with Crippen LogP contribution in [0.15, 0.2) is 30.3 Å². The maximum absolute atomic E-state index is 12.7. The summed E-state index contributed by atoms with van der Waals surface area (Å²) >= 11 is 0. The monoisotopic (exact) mass is 443 g/mol. The summed E-state index contributed by atoms with van der Waals surface area (Å²) < 4.78 is 12.5. The number of ether oxygens (including phenoxy) is 2. The molecule has 0 fully saturated rings. The Labute approximate surface area is 189 Å². The van der Waals surface area contributed by atoms with Gasteiger partial charge in [0, 0.05) is 23.5 Å². The second-order valence-electron chi connectivity index (χ2n) is 8.26. The minimum atomic E-state index is -0.878. The molecular weight excluding hydrogens is 410 g/mol. The molecule has 32 heavy (non-hydrogen) atoms. The Hall–Kier alpha value is -3.29. The first kappa shape index (κ1) is 25.0. The topological polar surface area (TPSA) is 113 Å². The van der Waals surface area contributed by atoms with Gasteiger partial charge in [-0.1, -0.05) is 26.0 Å². The minimum absolute atomic E-state index is 0.139. The first-order chi connectivity index (χ1) is 15.1. The number of urea groups is 1. The van der Waals surface area contributed by atoms with E-state index in [4.69, 9.17) is 15.2 Å². The van der Waals surface area contributed by atoms with Crippen molar-refractivity contribution in [1.82, 2.24) is 9.88 Å². The third-order valence-electron chi connectivity index (χ3n) is 5.31. The minimum Gasteiger partial charge on any atom is -0.497 e. The zero-order valence-electron chi connectivity index (χ0n) is 19.4. The van der Waals surface area contributed by atoms with Crippen molar-refractivity contribution in [2.75, 3.05) is 13.7 Å². The Bertz CT molecular complexity index is 947. The zero-order valence-corrected chi connectivity index (χ0v) is 19.4. The predicted octanol–water partition coefficient (Wildman–Crippen LogP) is 3.17. The average Bonchev–Trinajstić information content (AvgIpc) is 3.03. The fourth-order valence-corrected chi connectivity index (χ4v) is 3.63. The van der Waals surface area contributed by atoms with Gasteiger partial charge in [0.2, 0.25) is 5.78 Å². The molecule has 174 valence electrons. The molecule has 0 unspecified atom stereocenters. The van der Waals surface area contributed by atoms with Crippen molar-refractivity contribution in [3.8, 4) is 5.75 Å². The third-order valence-corrected chi connectivity index (χ3v) is 5.31. The number of hydrogen-bond acceptors (Lipinski definition) is 5. The summed E-state index contributed by atoms with van der Waals surface area (Å²) in [6, 6.07) is 8.02. The average molecular weight is 444 g/mol. The highest BCUT2D eigenvalue weighted by molar-refractivity contribution is 5.99. The number of primary amides is 1. The Balaban J connectivity index is 2.01. The van der Waals surface area contributed by atoms with Crippen molar-refractivity contribution < 1.29 is 23.9 Å². The lowest BCUT2D eigenvalue weighted by molar-refractivity contribution is -0.145. The van der Waals surface area contributed by atoms with Crippen molar-refractivity contribution in [3.05, 3.63) is 52.8 Å². The molecule has 1 aromatic carbocycles. The Morgan fingerprint density at radius 2 is 1.78 bits per heavy atom. The number of nitrogens with two attached hydrogens (primary N) is 1. The number of aryl methyl sites for hydroxylation is 2. The van der Waals surface area contributed by atoms with Crippen LogP contribution in [0.5, 0.6) is 5.75 Å². The van der Waals surface area contributed by atoms with E-state index in [1.807, 2.05) is 58.0 Å². The van der Waals surface area contributed by atoms with E-state index in [1.165, 1.54) is 5.56 Å². The normalized spacial score (nSPS) is 11.8. The van der Waals surface area contributed by atoms with E-state index in [2.05, 4.69) is 9.88 Å². The molecule has 1 atom stereocenters. The van der Waals surface area contributed by atoms with Crippen LogP contribution < -0.4 is 15.8 Å². The van der Waals surface area contributed by atoms with Gasteiger partial charge in [0.1, 0.15) is 11.8 Å². The van der Waals surface area contributed by atoms with E-state index in [-0.39, 0.29) is 11.7 Å². The molecule has 2 amide bonds. The summed E-state index contributed by atoms with van der Waals surface area (Å²) in [4.78, 5) is 36.2. The largest absolute Gasteiger partial charge is 0.497 e. The molecule has 3 N–H and O–H groups in total. The fraction of sp³-hybridized carbons (Fsp3) is 0.458. The number of benzene rings is 1. The summed E-state index contributed by atoms with van der Waals surface area (Å²) in [5, 5.41) is 2.38. The van der Waals surface area contributed by atoms with Crippen LogP contribution in [-0.4, -0.2) is 42.1 Å². The van der Waals surface area contributed by atoms with Gasteiger partial charge < -0.3 is 25.1 Å². The maximum atomic E-state index is 12.7. The molecule has 0 spiro atoms. The highest BCUT2D eigenvalue weighted by atomic mass is 16.5. The molecule has 1 heterocycles. The van der Waals surface area contributed by atoms with Crippen LogP contribution in [0, 0.1) is 19.8 Å². The molecule has 0 radical (unpaired) electrons. The molecule has 0 saturated carbocycles. The van der Waals surface area contributed by atoms with Crippen molar-refractivity contribution in [1.29, 1.82) is 0 Å². The fourth-order valence-electron chi connectivity index (χ4n) is 3.63. The number of carbonyl (C=O) groups is 3. The van der Waals surface area contributed by atoms with Gasteiger partial charge >= 0.3 is 12.0 Å². The van der Waals surface area contributed by atoms with Gasteiger partial charge in [0.25, 0.3) is 0 Å². The van der Waals surface area contributed by atoms with Crippen molar-refractivity contribution in [2.45, 2.75) is 53.1 Å². The molecule has 0 aliphatic rings. The maximum Gasteiger partial charge on any atom is 0.329 e. The number of carbonyl (C=O) groups excluding carboxylic acids is 3. The number of aromatic nitrogens is 1. The predicted molar refractivity (Wildman–Crippen MR) is 122 cm³/mol. The Morgan fingerprint density at radius 3 is 2.34 bits per heavy atom. The van der Waals surface area contributed by atoms with Crippen LogP contribution in [0.1, 0.15) is 47.6 Å². The van der Waals surface area contributed by atoms with Crippen molar-refractivity contribution >= 4 is 17.8 Å². The Kier molecular flexibility index (Phi) is 8.87. The molecular formula is C24H33N3O5. The summed E-state index contributed by atoms with van der Waals surface area (Å²) in [5.74, 6) is -0.00502. The highest BCUT2D eigenvalue weighted by Crippen LogP contribution is 2.18. The molecule has 8 nitrogen and oxygen atoms in total. The van der Waals surface area contributed by atoms with Gasteiger partial charge in [0.05, 0.1) is 7.11 Å². The molecule has 1 aromatic heterocycles. The van der Waals surface area contributed by atoms with Crippen LogP contribution in [0.4, 0.5) is 4.79 Å². The number of ketones is 1. The quantitative estimate of drug-likeness (QED) is 0.409. The van der Waals surface area contributed by atoms with E-state index >= 15 is 0 Å². The molecule has 0 bridgehead atoms. The summed E-state index contributed by atoms with van der Waals surface area (Å²) in [6.45, 7) is 7.97. The van der Waals surface area contributed by atoms with Gasteiger partial charge in [0.15, 0.2) is 6.61 Å². The van der Waals surface area contributed by atoms with Crippen LogP contribution >= 0.6 is 0 Å². The van der Waals surface area contributed by atoms with Gasteiger partial charge in [-0.15, -0.1) is 0 Å². The van der Waals surface area contributed by atoms with E-state index in [0.717, 1.165) is 30.1 Å². The van der Waals surface area contributed by atoms with Gasteiger partial charge in [-0.25, -0.2) is 9.59 Å². The van der Waals surface area contributed by atoms with E-state index in [0.29, 0.717) is 12.0 Å². The SMILES string of the molecule is COc1ccc(CCn2c(C)cc(C(=O)COC(=O)[C@H](CC(C)C)NC(N)=O)c2C)cc1. The Morgan fingerprint density at radius 1 is 1.12 bits per heavy atom. The lowest BCUT2D eigenvalue weighted by atomic mass is 10.0. The number of amides is 2. The summed E-state index contributed by atoms with van der Waals surface area (Å²) in [7, 11) is 1.64. The van der Waals surface area contributed by atoms with Crippen LogP contribution in [-0.2, 0) is 22.5 Å². The molecule has 0 aliphatic heterocycles. The first-order valence-corrected chi connectivity index (χ1v) is 10.7. The van der Waals surface area contributed by atoms with Gasteiger partial charge in [-0.05, 0) is 56.4 Å². The van der Waals surface area contributed by atoms with E-state index < -0.39 is 24.6 Å². The van der Waals surface area contributed by atoms with Crippen molar-refractivity contribution in [3.63, 3.8) is 0 Å². The standard InChI is InChI=1S/C24H33N3O5/c1-15(2)12-21(26-24(25)30)23(29)32-14-22(28)20-13-16(3)27(17(20)4)11-10-18-6-8-19(31-5)9-7-18/h6-9,13,15,21H,10-12,14H2,1-5H3,(H3,25,26,30)/t21-/m0/s1. The second kappa shape index (κ2) is 11.4. The number of nitrogens with one attached hydrogen (secondary N) is 1. The number of rotatable bonds is 11. The number of esters is 1. The molecule has 2 aromatic rings. The smallest absolute Gasteiger partial charge is 0.329 e. The summed E-state index contributed by atoms with van der Waals surface area (Å²) in [6.07, 6.45) is 1.18. The molecule has 8 heteroatoms. The zero-order chi connectivity index (χ0) is 23.8. The molecule has 0 saturated heterocycles.